The molecule has 0 aromatic carbocycles. The van der Waals surface area contributed by atoms with Crippen LogP contribution >= 0.6 is 11.8 Å². The molecule has 0 spiro atoms. The molecule has 1 N–H and O–H groups in total. The van der Waals surface area contributed by atoms with Crippen LogP contribution in [0, 0.1) is 5.92 Å². The van der Waals surface area contributed by atoms with Crippen molar-refractivity contribution in [2.45, 2.75) is 57.3 Å². The molecule has 1 amide bonds. The minimum atomic E-state index is -1.77. The van der Waals surface area contributed by atoms with Gasteiger partial charge in [0.1, 0.15) is 0 Å². The normalized spacial score (nSPS) is 27.4. The lowest BCUT2D eigenvalue weighted by atomic mass is 9.96. The van der Waals surface area contributed by atoms with E-state index in [1.165, 1.54) is 0 Å². The van der Waals surface area contributed by atoms with Gasteiger partial charge >= 0.3 is 0 Å². The maximum atomic E-state index is 11.6. The van der Waals surface area contributed by atoms with Crippen LogP contribution < -0.4 is 5.32 Å². The van der Waals surface area contributed by atoms with E-state index >= 15 is 0 Å². The molecule has 5 heteroatoms. The molecular formula is C12H25NO2SSi. The fourth-order valence-corrected chi connectivity index (χ4v) is 4.05. The first-order valence-electron chi connectivity index (χ1n) is 6.11. The predicted molar refractivity (Wildman–Crippen MR) is 76.7 cm³/mol. The number of thioether (sulfide) groups is 1. The Labute approximate surface area is 110 Å². The predicted octanol–water partition coefficient (Wildman–Crippen LogP) is 2.83. The lowest BCUT2D eigenvalue weighted by molar-refractivity contribution is -0.136. The lowest BCUT2D eigenvalue weighted by Crippen LogP contribution is -2.62. The van der Waals surface area contributed by atoms with Crippen LogP contribution in [0.5, 0.6) is 0 Å². The smallest absolute Gasteiger partial charge is 0.229 e. The lowest BCUT2D eigenvalue weighted by Gasteiger charge is -2.44. The average Bonchev–Trinajstić information content (AvgIpc) is 2.10. The van der Waals surface area contributed by atoms with Crippen LogP contribution in [0.1, 0.15) is 27.7 Å². The van der Waals surface area contributed by atoms with Crippen LogP contribution in [0.4, 0.5) is 0 Å². The van der Waals surface area contributed by atoms with Gasteiger partial charge in [0.15, 0.2) is 8.32 Å². The Kier molecular flexibility index (Phi) is 4.37. The first-order chi connectivity index (χ1) is 7.60. The molecule has 1 saturated heterocycles. The summed E-state index contributed by atoms with van der Waals surface area (Å²) in [7, 11) is -1.77. The fourth-order valence-electron chi connectivity index (χ4n) is 1.75. The SMILES string of the molecule is CSC1NC(=O)C1C(C)O[Si](C)(C)C(C)(C)C. The van der Waals surface area contributed by atoms with E-state index in [0.717, 1.165) is 0 Å². The summed E-state index contributed by atoms with van der Waals surface area (Å²) in [6.45, 7) is 13.2. The highest BCUT2D eigenvalue weighted by Gasteiger charge is 2.47. The summed E-state index contributed by atoms with van der Waals surface area (Å²) in [6, 6.07) is 0. The number of hydrogen-bond acceptors (Lipinski definition) is 3. The van der Waals surface area contributed by atoms with Gasteiger partial charge in [0.05, 0.1) is 17.4 Å². The monoisotopic (exact) mass is 275 g/mol. The molecular weight excluding hydrogens is 250 g/mol. The molecule has 1 aliphatic heterocycles. The van der Waals surface area contributed by atoms with Crippen LogP contribution in [-0.4, -0.2) is 32.0 Å². The number of hydrogen-bond donors (Lipinski definition) is 1. The quantitative estimate of drug-likeness (QED) is 0.633. The zero-order valence-electron chi connectivity index (χ0n) is 12.0. The van der Waals surface area contributed by atoms with Crippen LogP contribution in [0.25, 0.3) is 0 Å². The Morgan fingerprint density at radius 2 is 1.94 bits per heavy atom. The molecule has 0 aromatic rings. The van der Waals surface area contributed by atoms with E-state index in [1.807, 2.05) is 13.2 Å². The van der Waals surface area contributed by atoms with Crippen LogP contribution in [0.3, 0.4) is 0 Å². The van der Waals surface area contributed by atoms with Gasteiger partial charge in [-0.25, -0.2) is 0 Å². The summed E-state index contributed by atoms with van der Waals surface area (Å²) in [6.07, 6.45) is 2.04. The molecule has 3 unspecified atom stereocenters. The third-order valence-electron chi connectivity index (χ3n) is 3.96. The van der Waals surface area contributed by atoms with Gasteiger partial charge < -0.3 is 9.74 Å². The topological polar surface area (TPSA) is 38.3 Å². The Bertz CT molecular complexity index is 301. The number of rotatable bonds is 4. The van der Waals surface area contributed by atoms with Crippen LogP contribution in [-0.2, 0) is 9.22 Å². The molecule has 17 heavy (non-hydrogen) atoms. The van der Waals surface area contributed by atoms with Gasteiger partial charge in [-0.3, -0.25) is 4.79 Å². The molecule has 0 saturated carbocycles. The number of carbonyl (C=O) groups is 1. The maximum Gasteiger partial charge on any atom is 0.229 e. The number of carbonyl (C=O) groups excluding carboxylic acids is 1. The third kappa shape index (κ3) is 3.06. The Morgan fingerprint density at radius 1 is 1.41 bits per heavy atom. The van der Waals surface area contributed by atoms with Crippen molar-refractivity contribution in [2.75, 3.05) is 6.26 Å². The molecule has 100 valence electrons. The highest BCUT2D eigenvalue weighted by atomic mass is 32.2. The zero-order chi connectivity index (χ0) is 13.4. The second-order valence-electron chi connectivity index (χ2n) is 6.27. The van der Waals surface area contributed by atoms with Crippen molar-refractivity contribution in [3.63, 3.8) is 0 Å². The first kappa shape index (κ1) is 15.1. The van der Waals surface area contributed by atoms with Gasteiger partial charge in [-0.05, 0) is 31.3 Å². The van der Waals surface area contributed by atoms with Gasteiger partial charge in [0.2, 0.25) is 5.91 Å². The zero-order valence-corrected chi connectivity index (χ0v) is 13.8. The van der Waals surface area contributed by atoms with E-state index in [9.17, 15) is 4.79 Å². The minimum absolute atomic E-state index is 0.0131. The molecule has 1 heterocycles. The van der Waals surface area contributed by atoms with Crippen LogP contribution in [0.2, 0.25) is 18.1 Å². The number of amides is 1. The van der Waals surface area contributed by atoms with Gasteiger partial charge in [-0.15, -0.1) is 11.8 Å². The summed E-state index contributed by atoms with van der Waals surface area (Å²) in [5, 5.41) is 3.32. The number of nitrogens with one attached hydrogen (secondary N) is 1. The van der Waals surface area contributed by atoms with Gasteiger partial charge in [0.25, 0.3) is 0 Å². The second-order valence-corrected chi connectivity index (χ2v) is 12.0. The summed E-state index contributed by atoms with van der Waals surface area (Å²) in [5.41, 5.74) is 0. The molecule has 0 aliphatic carbocycles. The summed E-state index contributed by atoms with van der Waals surface area (Å²) in [5.74, 6) is 0.148. The van der Waals surface area contributed by atoms with E-state index in [0.29, 0.717) is 0 Å². The minimum Gasteiger partial charge on any atom is -0.413 e. The molecule has 3 nitrogen and oxygen atoms in total. The summed E-state index contributed by atoms with van der Waals surface area (Å²) >= 11 is 1.69. The van der Waals surface area contributed by atoms with E-state index in [1.54, 1.807) is 11.8 Å². The van der Waals surface area contributed by atoms with Crippen molar-refractivity contribution >= 4 is 26.0 Å². The molecule has 1 fully saturated rings. The molecule has 1 rings (SSSR count). The van der Waals surface area contributed by atoms with Crippen molar-refractivity contribution in [3.8, 4) is 0 Å². The highest BCUT2D eigenvalue weighted by Crippen LogP contribution is 2.39. The molecule has 0 radical (unpaired) electrons. The van der Waals surface area contributed by atoms with E-state index in [2.05, 4.69) is 39.2 Å². The molecule has 0 aromatic heterocycles. The Morgan fingerprint density at radius 3 is 2.29 bits per heavy atom. The van der Waals surface area contributed by atoms with Crippen molar-refractivity contribution in [1.29, 1.82) is 0 Å². The first-order valence-corrected chi connectivity index (χ1v) is 10.3. The van der Waals surface area contributed by atoms with Gasteiger partial charge in [0, 0.05) is 0 Å². The van der Waals surface area contributed by atoms with Crippen molar-refractivity contribution < 1.29 is 9.22 Å². The second kappa shape index (κ2) is 4.94. The third-order valence-corrected chi connectivity index (χ3v) is 9.45. The van der Waals surface area contributed by atoms with Gasteiger partial charge in [-0.1, -0.05) is 20.8 Å². The van der Waals surface area contributed by atoms with Crippen LogP contribution in [0.15, 0.2) is 0 Å². The average molecular weight is 275 g/mol. The summed E-state index contributed by atoms with van der Waals surface area (Å²) < 4.78 is 6.27. The molecule has 3 atom stereocenters. The van der Waals surface area contributed by atoms with Crippen molar-refractivity contribution in [3.05, 3.63) is 0 Å². The number of β-lactam (4-membered cyclic amide) rings is 1. The van der Waals surface area contributed by atoms with E-state index < -0.39 is 8.32 Å². The summed E-state index contributed by atoms with van der Waals surface area (Å²) in [4.78, 5) is 11.6. The Balaban J connectivity index is 2.66. The fraction of sp³-hybridized carbons (Fsp3) is 0.917. The highest BCUT2D eigenvalue weighted by molar-refractivity contribution is 7.99. The largest absolute Gasteiger partial charge is 0.413 e. The van der Waals surface area contributed by atoms with Crippen molar-refractivity contribution in [1.82, 2.24) is 5.32 Å². The van der Waals surface area contributed by atoms with Gasteiger partial charge in [-0.2, -0.15) is 0 Å². The van der Waals surface area contributed by atoms with E-state index in [4.69, 9.17) is 4.43 Å². The Hall–Kier alpha value is -0.00312. The standard InChI is InChI=1S/C12H25NO2SSi/c1-8(9-10(14)13-11(9)16-5)15-17(6,7)12(2,3)4/h8-9,11H,1-7H3,(H,13,14). The van der Waals surface area contributed by atoms with E-state index in [-0.39, 0.29) is 28.3 Å². The molecule has 1 aliphatic rings. The van der Waals surface area contributed by atoms with Crippen molar-refractivity contribution in [2.24, 2.45) is 5.92 Å². The maximum absolute atomic E-state index is 11.6. The molecule has 0 bridgehead atoms.